The Morgan fingerprint density at radius 1 is 1.31 bits per heavy atom. The monoisotopic (exact) mass is 361 g/mol. The maximum absolute atomic E-state index is 12.6. The van der Waals surface area contributed by atoms with Gasteiger partial charge in [0.25, 0.3) is 5.91 Å². The lowest BCUT2D eigenvalue weighted by Gasteiger charge is -2.22. The number of amides is 1. The number of carbonyl (C=O) groups excluding carboxylic acids is 1. The van der Waals surface area contributed by atoms with Gasteiger partial charge in [0, 0.05) is 11.6 Å². The summed E-state index contributed by atoms with van der Waals surface area (Å²) < 4.78 is 6.73. The molecule has 2 aromatic heterocycles. The molecule has 3 rings (SSSR count). The predicted octanol–water partition coefficient (Wildman–Crippen LogP) is 2.82. The molecule has 0 spiro atoms. The van der Waals surface area contributed by atoms with Gasteiger partial charge in [-0.3, -0.25) is 19.6 Å². The summed E-state index contributed by atoms with van der Waals surface area (Å²) in [5.41, 5.74) is 1.59. The van der Waals surface area contributed by atoms with Crippen LogP contribution in [0.15, 0.2) is 4.52 Å². The van der Waals surface area contributed by atoms with Gasteiger partial charge in [-0.05, 0) is 33.6 Å². The van der Waals surface area contributed by atoms with Crippen LogP contribution in [0.1, 0.15) is 65.3 Å². The number of rotatable bonds is 5. The fraction of sp³-hybridized carbons (Fsp3) is 0.588. The summed E-state index contributed by atoms with van der Waals surface area (Å²) in [6.45, 7) is 5.16. The molecule has 0 aromatic carbocycles. The van der Waals surface area contributed by atoms with Crippen molar-refractivity contribution in [2.45, 2.75) is 65.5 Å². The number of aryl methyl sites for hydroxylation is 2. The molecule has 1 saturated carbocycles. The summed E-state index contributed by atoms with van der Waals surface area (Å²) in [4.78, 5) is 23.4. The first kappa shape index (κ1) is 18.1. The summed E-state index contributed by atoms with van der Waals surface area (Å²) in [5, 5.41) is 22.4. The van der Waals surface area contributed by atoms with Crippen LogP contribution in [-0.4, -0.2) is 31.8 Å². The fourth-order valence-corrected chi connectivity index (χ4v) is 3.51. The average molecular weight is 361 g/mol. The number of aromatic nitrogens is 3. The minimum Gasteiger partial charge on any atom is -0.361 e. The molecule has 0 aliphatic heterocycles. The lowest BCUT2D eigenvalue weighted by Crippen LogP contribution is -2.36. The molecule has 26 heavy (non-hydrogen) atoms. The molecule has 9 nitrogen and oxygen atoms in total. The summed E-state index contributed by atoms with van der Waals surface area (Å²) in [6.07, 6.45) is 5.39. The summed E-state index contributed by atoms with van der Waals surface area (Å²) >= 11 is 0. The Kier molecular flexibility index (Phi) is 5.06. The Balaban J connectivity index is 1.83. The molecule has 0 unspecified atom stereocenters. The zero-order valence-corrected chi connectivity index (χ0v) is 15.2. The second-order valence-electron chi connectivity index (χ2n) is 6.81. The van der Waals surface area contributed by atoms with Gasteiger partial charge in [0.1, 0.15) is 17.1 Å². The van der Waals surface area contributed by atoms with Crippen molar-refractivity contribution in [3.05, 3.63) is 38.5 Å². The lowest BCUT2D eigenvalue weighted by molar-refractivity contribution is -0.386. The molecule has 0 saturated heterocycles. The molecule has 1 aliphatic carbocycles. The van der Waals surface area contributed by atoms with Crippen molar-refractivity contribution in [3.63, 3.8) is 0 Å². The quantitative estimate of drug-likeness (QED) is 0.646. The van der Waals surface area contributed by atoms with Crippen LogP contribution in [0.25, 0.3) is 0 Å². The van der Waals surface area contributed by atoms with Gasteiger partial charge in [0.05, 0.1) is 11.5 Å². The summed E-state index contributed by atoms with van der Waals surface area (Å²) in [5.74, 6) is 0.244. The lowest BCUT2D eigenvalue weighted by atomic mass is 9.95. The summed E-state index contributed by atoms with van der Waals surface area (Å²) in [7, 11) is 0. The molecule has 9 heteroatoms. The molecular weight excluding hydrogens is 338 g/mol. The normalized spacial score (nSPS) is 15.2. The van der Waals surface area contributed by atoms with Crippen molar-refractivity contribution in [2.75, 3.05) is 0 Å². The Bertz CT molecular complexity index is 833. The minimum absolute atomic E-state index is 0.00712. The van der Waals surface area contributed by atoms with Gasteiger partial charge in [-0.25, -0.2) is 0 Å². The zero-order valence-electron chi connectivity index (χ0n) is 15.2. The van der Waals surface area contributed by atoms with Crippen LogP contribution in [0.2, 0.25) is 0 Å². The Morgan fingerprint density at radius 2 is 2.00 bits per heavy atom. The van der Waals surface area contributed by atoms with E-state index < -0.39 is 4.92 Å². The van der Waals surface area contributed by atoms with Crippen LogP contribution in [-0.2, 0) is 6.54 Å². The van der Waals surface area contributed by atoms with Crippen LogP contribution >= 0.6 is 0 Å². The van der Waals surface area contributed by atoms with E-state index in [0.29, 0.717) is 22.7 Å². The SMILES string of the molecule is Cc1nn(Cc2c(C(=O)NC3CCCCC3)noc2C)c(C)c1[N+](=O)[O-]. The van der Waals surface area contributed by atoms with Gasteiger partial charge >= 0.3 is 5.69 Å². The van der Waals surface area contributed by atoms with E-state index in [-0.39, 0.29) is 29.9 Å². The highest BCUT2D eigenvalue weighted by Crippen LogP contribution is 2.24. The van der Waals surface area contributed by atoms with Gasteiger partial charge in [0.2, 0.25) is 0 Å². The summed E-state index contributed by atoms with van der Waals surface area (Å²) in [6, 6.07) is 0.163. The Morgan fingerprint density at radius 3 is 2.62 bits per heavy atom. The van der Waals surface area contributed by atoms with Gasteiger partial charge in [-0.15, -0.1) is 0 Å². The zero-order chi connectivity index (χ0) is 18.8. The van der Waals surface area contributed by atoms with E-state index in [0.717, 1.165) is 25.7 Å². The van der Waals surface area contributed by atoms with Crippen LogP contribution < -0.4 is 5.32 Å². The second kappa shape index (κ2) is 7.27. The van der Waals surface area contributed by atoms with Crippen LogP contribution in [0.3, 0.4) is 0 Å². The molecule has 0 atom stereocenters. The topological polar surface area (TPSA) is 116 Å². The van der Waals surface area contributed by atoms with Crippen LogP contribution in [0.4, 0.5) is 5.69 Å². The highest BCUT2D eigenvalue weighted by atomic mass is 16.6. The highest BCUT2D eigenvalue weighted by molar-refractivity contribution is 5.94. The van der Waals surface area contributed by atoms with Crippen LogP contribution in [0.5, 0.6) is 0 Å². The number of hydrogen-bond donors (Lipinski definition) is 1. The molecule has 1 N–H and O–H groups in total. The highest BCUT2D eigenvalue weighted by Gasteiger charge is 2.26. The number of nitro groups is 1. The number of nitrogens with zero attached hydrogens (tertiary/aromatic N) is 4. The van der Waals surface area contributed by atoms with E-state index in [2.05, 4.69) is 15.6 Å². The van der Waals surface area contributed by atoms with E-state index in [1.165, 1.54) is 11.1 Å². The first-order chi connectivity index (χ1) is 12.4. The van der Waals surface area contributed by atoms with E-state index in [1.807, 2.05) is 0 Å². The standard InChI is InChI=1S/C17H23N5O4/c1-10-16(22(24)25)11(2)21(19-10)9-14-12(3)26-20-15(14)17(23)18-13-7-5-4-6-8-13/h13H,4-9H2,1-3H3,(H,18,23). The molecule has 0 bridgehead atoms. The molecule has 1 aliphatic rings. The van der Waals surface area contributed by atoms with Crippen molar-refractivity contribution in [1.82, 2.24) is 20.3 Å². The predicted molar refractivity (Wildman–Crippen MR) is 93.0 cm³/mol. The van der Waals surface area contributed by atoms with Gasteiger partial charge < -0.3 is 9.84 Å². The molecular formula is C17H23N5O4. The first-order valence-corrected chi connectivity index (χ1v) is 8.83. The Labute approximate surface area is 150 Å². The number of hydrogen-bond acceptors (Lipinski definition) is 6. The maximum Gasteiger partial charge on any atom is 0.312 e. The molecule has 1 amide bonds. The first-order valence-electron chi connectivity index (χ1n) is 8.83. The molecule has 2 aromatic rings. The number of carbonyl (C=O) groups is 1. The van der Waals surface area contributed by atoms with Crippen molar-refractivity contribution in [1.29, 1.82) is 0 Å². The van der Waals surface area contributed by atoms with E-state index in [1.54, 1.807) is 20.8 Å². The van der Waals surface area contributed by atoms with Crippen molar-refractivity contribution < 1.29 is 14.2 Å². The second-order valence-corrected chi connectivity index (χ2v) is 6.81. The number of nitrogens with one attached hydrogen (secondary N) is 1. The average Bonchev–Trinajstić information content (AvgIpc) is 3.09. The van der Waals surface area contributed by atoms with Crippen molar-refractivity contribution in [2.24, 2.45) is 0 Å². The van der Waals surface area contributed by atoms with Gasteiger partial charge in [0.15, 0.2) is 5.69 Å². The maximum atomic E-state index is 12.6. The molecule has 140 valence electrons. The van der Waals surface area contributed by atoms with Crippen LogP contribution in [0, 0.1) is 30.9 Å². The van der Waals surface area contributed by atoms with E-state index in [4.69, 9.17) is 4.52 Å². The van der Waals surface area contributed by atoms with Crippen molar-refractivity contribution in [3.8, 4) is 0 Å². The largest absolute Gasteiger partial charge is 0.361 e. The minimum atomic E-state index is -0.439. The molecule has 1 fully saturated rings. The van der Waals surface area contributed by atoms with Crippen molar-refractivity contribution >= 4 is 11.6 Å². The molecule has 2 heterocycles. The third kappa shape index (κ3) is 3.47. The van der Waals surface area contributed by atoms with E-state index in [9.17, 15) is 14.9 Å². The van der Waals surface area contributed by atoms with Gasteiger partial charge in [-0.1, -0.05) is 24.4 Å². The third-order valence-electron chi connectivity index (χ3n) is 4.97. The smallest absolute Gasteiger partial charge is 0.312 e. The third-order valence-corrected chi connectivity index (χ3v) is 4.97. The Hall–Kier alpha value is -2.71. The van der Waals surface area contributed by atoms with E-state index >= 15 is 0 Å². The fourth-order valence-electron chi connectivity index (χ4n) is 3.51. The van der Waals surface area contributed by atoms with Gasteiger partial charge in [-0.2, -0.15) is 5.10 Å². The molecule has 0 radical (unpaired) electrons.